The van der Waals surface area contributed by atoms with Gasteiger partial charge in [-0.15, -0.1) is 0 Å². The van der Waals surface area contributed by atoms with Gasteiger partial charge in [-0.25, -0.2) is 8.42 Å². The van der Waals surface area contributed by atoms with Gasteiger partial charge in [0.1, 0.15) is 0 Å². The number of benzene rings is 2. The minimum atomic E-state index is -3.07. The summed E-state index contributed by atoms with van der Waals surface area (Å²) in [6.45, 7) is 0.0221. The zero-order chi connectivity index (χ0) is 21.1. The fraction of sp³-hybridized carbons (Fsp3) is 0.333. The van der Waals surface area contributed by atoms with E-state index < -0.39 is 34.4 Å². The van der Waals surface area contributed by atoms with Crippen LogP contribution >= 0.6 is 11.8 Å². The van der Waals surface area contributed by atoms with Gasteiger partial charge in [0.15, 0.2) is 16.4 Å². The van der Waals surface area contributed by atoms with Gasteiger partial charge < -0.3 is 15.0 Å². The molecule has 1 saturated heterocycles. The van der Waals surface area contributed by atoms with Crippen molar-refractivity contribution in [3.63, 3.8) is 0 Å². The van der Waals surface area contributed by atoms with Crippen molar-refractivity contribution >= 4 is 44.9 Å². The molecule has 0 radical (unpaired) electrons. The highest BCUT2D eigenvalue weighted by Crippen LogP contribution is 2.47. The summed E-state index contributed by atoms with van der Waals surface area (Å²) in [5.41, 5.74) is 2.07. The highest BCUT2D eigenvalue weighted by atomic mass is 32.2. The van der Waals surface area contributed by atoms with Crippen LogP contribution in [-0.4, -0.2) is 51.0 Å². The molecule has 7 nitrogen and oxygen atoms in total. The Labute approximate surface area is 179 Å². The Morgan fingerprint density at radius 1 is 1.07 bits per heavy atom. The normalized spacial score (nSPS) is 18.9. The van der Waals surface area contributed by atoms with E-state index in [2.05, 4.69) is 22.3 Å². The number of nitrogens with zero attached hydrogens (tertiary/aromatic N) is 1. The van der Waals surface area contributed by atoms with Crippen LogP contribution in [0.1, 0.15) is 12.8 Å². The maximum Gasteiger partial charge on any atom is 0.308 e. The largest absolute Gasteiger partial charge is 0.456 e. The molecule has 1 atom stereocenters. The predicted molar refractivity (Wildman–Crippen MR) is 115 cm³/mol. The summed E-state index contributed by atoms with van der Waals surface area (Å²) in [4.78, 5) is 28.5. The van der Waals surface area contributed by atoms with Crippen molar-refractivity contribution in [1.29, 1.82) is 0 Å². The van der Waals surface area contributed by atoms with Crippen molar-refractivity contribution in [2.75, 3.05) is 29.6 Å². The summed E-state index contributed by atoms with van der Waals surface area (Å²) < 4.78 is 28.0. The first-order valence-electron chi connectivity index (χ1n) is 9.70. The molecule has 1 N–H and O–H groups in total. The van der Waals surface area contributed by atoms with E-state index >= 15 is 0 Å². The van der Waals surface area contributed by atoms with Gasteiger partial charge in [-0.2, -0.15) is 0 Å². The number of anilines is 2. The molecule has 2 aliphatic heterocycles. The number of para-hydroxylation sites is 2. The van der Waals surface area contributed by atoms with Crippen molar-refractivity contribution in [1.82, 2.24) is 5.32 Å². The molecule has 2 aromatic rings. The van der Waals surface area contributed by atoms with Gasteiger partial charge in [-0.3, -0.25) is 9.59 Å². The Kier molecular flexibility index (Phi) is 6.01. The SMILES string of the molecule is O=C(COC(=O)CCN1c2ccccc2Sc2ccccc21)N[C@@H]1CCS(=O)(=O)C1. The molecule has 2 heterocycles. The minimum Gasteiger partial charge on any atom is -0.456 e. The van der Waals surface area contributed by atoms with Gasteiger partial charge in [0.2, 0.25) is 0 Å². The topological polar surface area (TPSA) is 92.8 Å². The summed E-state index contributed by atoms with van der Waals surface area (Å²) in [6, 6.07) is 15.6. The molecule has 0 bridgehead atoms. The third-order valence-electron chi connectivity index (χ3n) is 5.03. The predicted octanol–water partition coefficient (Wildman–Crippen LogP) is 2.53. The number of ether oxygens (including phenoxy) is 1. The number of amides is 1. The monoisotopic (exact) mass is 446 g/mol. The summed E-state index contributed by atoms with van der Waals surface area (Å²) in [5.74, 6) is -0.930. The summed E-state index contributed by atoms with van der Waals surface area (Å²) in [5, 5.41) is 2.61. The quantitative estimate of drug-likeness (QED) is 0.682. The number of fused-ring (bicyclic) bond motifs is 2. The van der Waals surface area contributed by atoms with Crippen molar-refractivity contribution in [3.05, 3.63) is 48.5 Å². The maximum atomic E-state index is 12.2. The molecule has 2 aromatic carbocycles. The second-order valence-corrected chi connectivity index (χ2v) is 10.6. The molecule has 9 heteroatoms. The average Bonchev–Trinajstić information content (AvgIpc) is 3.07. The highest BCUT2D eigenvalue weighted by molar-refractivity contribution is 7.99. The van der Waals surface area contributed by atoms with Gasteiger partial charge in [0.25, 0.3) is 5.91 Å². The zero-order valence-electron chi connectivity index (χ0n) is 16.2. The van der Waals surface area contributed by atoms with Crippen LogP contribution in [0.5, 0.6) is 0 Å². The lowest BCUT2D eigenvalue weighted by atomic mass is 10.2. The zero-order valence-corrected chi connectivity index (χ0v) is 17.9. The van der Waals surface area contributed by atoms with Gasteiger partial charge >= 0.3 is 5.97 Å². The standard InChI is InChI=1S/C21H22N2O5S2/c24-20(22-15-10-12-30(26,27)14-15)13-28-21(25)9-11-23-16-5-1-3-7-18(16)29-19-8-4-2-6-17(19)23/h1-8,15H,9-14H2,(H,22,24)/t15-/m1/s1. The number of carbonyl (C=O) groups is 2. The summed E-state index contributed by atoms with van der Waals surface area (Å²) in [7, 11) is -3.07. The minimum absolute atomic E-state index is 0.0571. The smallest absolute Gasteiger partial charge is 0.308 e. The fourth-order valence-corrected chi connectivity index (χ4v) is 6.39. The molecular formula is C21H22N2O5S2. The first-order chi connectivity index (χ1) is 14.4. The van der Waals surface area contributed by atoms with Crippen molar-refractivity contribution in [2.24, 2.45) is 0 Å². The van der Waals surface area contributed by atoms with Crippen LogP contribution in [0.3, 0.4) is 0 Å². The Balaban J connectivity index is 1.32. The third kappa shape index (κ3) is 4.79. The van der Waals surface area contributed by atoms with Gasteiger partial charge in [-0.1, -0.05) is 36.0 Å². The van der Waals surface area contributed by atoms with E-state index in [1.54, 1.807) is 11.8 Å². The van der Waals surface area contributed by atoms with E-state index in [-0.39, 0.29) is 17.9 Å². The highest BCUT2D eigenvalue weighted by Gasteiger charge is 2.29. The van der Waals surface area contributed by atoms with Crippen LogP contribution in [0.15, 0.2) is 58.3 Å². The maximum absolute atomic E-state index is 12.2. The molecule has 0 unspecified atom stereocenters. The summed E-state index contributed by atoms with van der Waals surface area (Å²) in [6.07, 6.45) is 0.520. The molecular weight excluding hydrogens is 424 g/mol. The average molecular weight is 447 g/mol. The van der Waals surface area contributed by atoms with Crippen molar-refractivity contribution in [3.8, 4) is 0 Å². The molecule has 2 aliphatic rings. The first-order valence-corrected chi connectivity index (χ1v) is 12.3. The van der Waals surface area contributed by atoms with E-state index in [0.717, 1.165) is 21.2 Å². The molecule has 158 valence electrons. The molecule has 0 aliphatic carbocycles. The molecule has 0 spiro atoms. The second-order valence-electron chi connectivity index (χ2n) is 7.27. The van der Waals surface area contributed by atoms with Crippen LogP contribution in [0, 0.1) is 0 Å². The number of hydrogen-bond acceptors (Lipinski definition) is 7. The summed E-state index contributed by atoms with van der Waals surface area (Å²) >= 11 is 1.70. The van der Waals surface area contributed by atoms with Gasteiger partial charge in [-0.05, 0) is 30.7 Å². The molecule has 0 saturated carbocycles. The fourth-order valence-electron chi connectivity index (χ4n) is 3.62. The lowest BCUT2D eigenvalue weighted by Gasteiger charge is -2.32. The number of hydrogen-bond donors (Lipinski definition) is 1. The van der Waals surface area contributed by atoms with Crippen LogP contribution in [0.25, 0.3) is 0 Å². The van der Waals surface area contributed by atoms with Crippen LogP contribution in [0.2, 0.25) is 0 Å². The van der Waals surface area contributed by atoms with Crippen molar-refractivity contribution < 1.29 is 22.7 Å². The van der Waals surface area contributed by atoms with Crippen LogP contribution in [0.4, 0.5) is 11.4 Å². The van der Waals surface area contributed by atoms with Crippen molar-refractivity contribution in [2.45, 2.75) is 28.7 Å². The Morgan fingerprint density at radius 3 is 2.30 bits per heavy atom. The molecule has 30 heavy (non-hydrogen) atoms. The molecule has 4 rings (SSSR count). The Bertz CT molecular complexity index is 1030. The first kappa shape index (κ1) is 20.7. The Morgan fingerprint density at radius 2 is 1.70 bits per heavy atom. The van der Waals surface area contributed by atoms with E-state index in [9.17, 15) is 18.0 Å². The van der Waals surface area contributed by atoms with E-state index in [1.807, 2.05) is 36.4 Å². The number of esters is 1. The molecule has 1 amide bonds. The van der Waals surface area contributed by atoms with E-state index in [0.29, 0.717) is 13.0 Å². The number of nitrogens with one attached hydrogen (secondary N) is 1. The van der Waals surface area contributed by atoms with Crippen LogP contribution in [-0.2, 0) is 24.2 Å². The number of sulfone groups is 1. The van der Waals surface area contributed by atoms with Crippen LogP contribution < -0.4 is 10.2 Å². The van der Waals surface area contributed by atoms with E-state index in [1.165, 1.54) is 0 Å². The number of carbonyl (C=O) groups excluding carboxylic acids is 2. The Hall–Kier alpha value is -2.52. The van der Waals surface area contributed by atoms with E-state index in [4.69, 9.17) is 4.74 Å². The molecule has 0 aromatic heterocycles. The number of rotatable bonds is 6. The van der Waals surface area contributed by atoms with Gasteiger partial charge in [0.05, 0.1) is 29.3 Å². The van der Waals surface area contributed by atoms with Gasteiger partial charge in [0, 0.05) is 22.4 Å². The third-order valence-corrected chi connectivity index (χ3v) is 7.93. The lowest BCUT2D eigenvalue weighted by Crippen LogP contribution is -2.38. The molecule has 1 fully saturated rings. The second kappa shape index (κ2) is 8.69. The lowest BCUT2D eigenvalue weighted by molar-refractivity contribution is -0.148.